The molecule has 0 unspecified atom stereocenters. The number of nitrogens with one attached hydrogen (secondary N) is 2. The second-order valence-corrected chi connectivity index (χ2v) is 10.9. The monoisotopic (exact) mass is 455 g/mol. The number of carbonyl (C=O) groups excluding carboxylic acids is 1. The van der Waals surface area contributed by atoms with Crippen LogP contribution in [0.25, 0.3) is 11.1 Å². The predicted octanol–water partition coefficient (Wildman–Crippen LogP) is 3.26. The Balaban J connectivity index is 1.43. The van der Waals surface area contributed by atoms with Gasteiger partial charge in [-0.15, -0.1) is 0 Å². The molecule has 0 bridgehead atoms. The summed E-state index contributed by atoms with van der Waals surface area (Å²) >= 11 is 0. The third-order valence-corrected chi connectivity index (χ3v) is 8.84. The zero-order valence-corrected chi connectivity index (χ0v) is 19.6. The van der Waals surface area contributed by atoms with Crippen molar-refractivity contribution in [3.05, 3.63) is 54.6 Å². The summed E-state index contributed by atoms with van der Waals surface area (Å²) in [6, 6.07) is 16.9. The van der Waals surface area contributed by atoms with Crippen LogP contribution in [0.3, 0.4) is 0 Å². The molecule has 2 aliphatic rings. The molecule has 0 spiro atoms. The van der Waals surface area contributed by atoms with Crippen molar-refractivity contribution < 1.29 is 13.2 Å². The van der Waals surface area contributed by atoms with E-state index in [9.17, 15) is 13.2 Å². The molecule has 6 nitrogen and oxygen atoms in total. The Morgan fingerprint density at radius 2 is 1.72 bits per heavy atom. The third-order valence-electron chi connectivity index (χ3n) is 6.99. The normalized spacial score (nSPS) is 24.2. The van der Waals surface area contributed by atoms with Gasteiger partial charge in [0.25, 0.3) is 0 Å². The first-order valence-corrected chi connectivity index (χ1v) is 13.0. The topological polar surface area (TPSA) is 78.5 Å². The Morgan fingerprint density at radius 3 is 2.38 bits per heavy atom. The van der Waals surface area contributed by atoms with Crippen molar-refractivity contribution in [1.29, 1.82) is 0 Å². The molecule has 2 aromatic carbocycles. The maximum Gasteiger partial charge on any atom is 0.243 e. The molecule has 4 atom stereocenters. The number of carbonyl (C=O) groups is 1. The number of rotatable bonds is 8. The molecule has 2 aromatic rings. The predicted molar refractivity (Wildman–Crippen MR) is 127 cm³/mol. The third kappa shape index (κ3) is 4.60. The summed E-state index contributed by atoms with van der Waals surface area (Å²) in [7, 11) is -1.74. The van der Waals surface area contributed by atoms with Crippen LogP contribution in [-0.2, 0) is 14.8 Å². The van der Waals surface area contributed by atoms with E-state index in [-0.39, 0.29) is 23.9 Å². The molecular weight excluding hydrogens is 422 g/mol. The minimum absolute atomic E-state index is 0.0257. The minimum Gasteiger partial charge on any atom is -0.352 e. The Kier molecular flexibility index (Phi) is 6.98. The van der Waals surface area contributed by atoms with Crippen LogP contribution < -0.4 is 10.6 Å². The zero-order valence-electron chi connectivity index (χ0n) is 18.8. The maximum absolute atomic E-state index is 13.3. The number of hydrogen-bond acceptors (Lipinski definition) is 4. The summed E-state index contributed by atoms with van der Waals surface area (Å²) in [6.45, 7) is 3.07. The van der Waals surface area contributed by atoms with Crippen LogP contribution in [0.5, 0.6) is 0 Å². The maximum atomic E-state index is 13.3. The van der Waals surface area contributed by atoms with Crippen molar-refractivity contribution in [1.82, 2.24) is 14.9 Å². The molecular formula is C25H33N3O3S. The molecule has 0 radical (unpaired) electrons. The second kappa shape index (κ2) is 9.73. The van der Waals surface area contributed by atoms with E-state index in [0.717, 1.165) is 36.8 Å². The first-order chi connectivity index (χ1) is 15.4. The summed E-state index contributed by atoms with van der Waals surface area (Å²) in [5.41, 5.74) is 2.06. The second-order valence-electron chi connectivity index (χ2n) is 8.96. The van der Waals surface area contributed by atoms with Gasteiger partial charge in [-0.25, -0.2) is 8.42 Å². The Bertz CT molecular complexity index is 1020. The van der Waals surface area contributed by atoms with Gasteiger partial charge < -0.3 is 10.6 Å². The fourth-order valence-corrected chi connectivity index (χ4v) is 6.71. The van der Waals surface area contributed by atoms with Crippen LogP contribution >= 0.6 is 0 Å². The minimum atomic E-state index is -3.55. The highest BCUT2D eigenvalue weighted by molar-refractivity contribution is 7.89. The quantitative estimate of drug-likeness (QED) is 0.641. The average Bonchev–Trinajstić information content (AvgIpc) is 3.40. The van der Waals surface area contributed by atoms with E-state index < -0.39 is 10.0 Å². The van der Waals surface area contributed by atoms with Crippen LogP contribution in [0.4, 0.5) is 0 Å². The van der Waals surface area contributed by atoms with Gasteiger partial charge in [0.05, 0.1) is 10.9 Å². The van der Waals surface area contributed by atoms with Gasteiger partial charge in [0, 0.05) is 19.1 Å². The van der Waals surface area contributed by atoms with Crippen molar-refractivity contribution in [2.45, 2.75) is 49.6 Å². The number of hydrogen-bond donors (Lipinski definition) is 2. The highest BCUT2D eigenvalue weighted by atomic mass is 32.2. The van der Waals surface area contributed by atoms with Gasteiger partial charge in [-0.05, 0) is 61.4 Å². The molecule has 4 rings (SSSR count). The molecule has 172 valence electrons. The lowest BCUT2D eigenvalue weighted by molar-refractivity contribution is -0.124. The van der Waals surface area contributed by atoms with Crippen molar-refractivity contribution >= 4 is 15.9 Å². The lowest BCUT2D eigenvalue weighted by atomic mass is 9.97. The summed E-state index contributed by atoms with van der Waals surface area (Å²) in [5, 5.41) is 6.29. The van der Waals surface area contributed by atoms with E-state index in [1.807, 2.05) is 49.5 Å². The van der Waals surface area contributed by atoms with Gasteiger partial charge in [0.2, 0.25) is 15.9 Å². The van der Waals surface area contributed by atoms with Crippen molar-refractivity contribution in [3.8, 4) is 11.1 Å². The number of likely N-dealkylation sites (N-methyl/N-ethyl adjacent to an activating group) is 1. The van der Waals surface area contributed by atoms with Crippen molar-refractivity contribution in [3.63, 3.8) is 0 Å². The van der Waals surface area contributed by atoms with Crippen LogP contribution in [-0.4, -0.2) is 50.9 Å². The van der Waals surface area contributed by atoms with Gasteiger partial charge in [-0.2, -0.15) is 4.31 Å². The van der Waals surface area contributed by atoms with Gasteiger partial charge >= 0.3 is 0 Å². The number of nitrogens with zero attached hydrogens (tertiary/aromatic N) is 1. The van der Waals surface area contributed by atoms with Crippen LogP contribution in [0.2, 0.25) is 0 Å². The Hall–Kier alpha value is -2.22. The van der Waals surface area contributed by atoms with E-state index in [4.69, 9.17) is 0 Å². The zero-order chi connectivity index (χ0) is 22.7. The fourth-order valence-electron chi connectivity index (χ4n) is 5.18. The molecule has 0 aromatic heterocycles. The van der Waals surface area contributed by atoms with E-state index in [2.05, 4.69) is 17.6 Å². The molecule has 1 aliphatic carbocycles. The smallest absolute Gasteiger partial charge is 0.243 e. The summed E-state index contributed by atoms with van der Waals surface area (Å²) in [6.07, 6.45) is 3.60. The lowest BCUT2D eigenvalue weighted by Gasteiger charge is -2.24. The Labute approximate surface area is 191 Å². The van der Waals surface area contributed by atoms with Crippen LogP contribution in [0.15, 0.2) is 59.5 Å². The molecule has 1 heterocycles. The SMILES string of the molecule is CCC[C@H](NC)C(=O)N[C@H]1CC[C@@H]2CN(S(=O)(=O)c3ccc(-c4ccccc4)cc3)C[C@@H]21. The molecule has 1 saturated heterocycles. The molecule has 2 N–H and O–H groups in total. The number of sulfonamides is 1. The number of fused-ring (bicyclic) bond motifs is 1. The first-order valence-electron chi connectivity index (χ1n) is 11.6. The van der Waals surface area contributed by atoms with Crippen LogP contribution in [0.1, 0.15) is 32.6 Å². The first kappa shape index (κ1) is 23.0. The van der Waals surface area contributed by atoms with E-state index in [1.54, 1.807) is 16.4 Å². The highest BCUT2D eigenvalue weighted by Crippen LogP contribution is 2.40. The van der Waals surface area contributed by atoms with Crippen molar-refractivity contribution in [2.24, 2.45) is 11.8 Å². The van der Waals surface area contributed by atoms with Gasteiger partial charge in [-0.3, -0.25) is 4.79 Å². The summed E-state index contributed by atoms with van der Waals surface area (Å²) in [4.78, 5) is 13.0. The summed E-state index contributed by atoms with van der Waals surface area (Å²) < 4.78 is 28.2. The number of benzene rings is 2. The average molecular weight is 456 g/mol. The summed E-state index contributed by atoms with van der Waals surface area (Å²) in [5.74, 6) is 0.507. The molecule has 2 fully saturated rings. The van der Waals surface area contributed by atoms with Crippen LogP contribution in [0, 0.1) is 11.8 Å². The van der Waals surface area contributed by atoms with E-state index in [0.29, 0.717) is 23.9 Å². The number of amides is 1. The van der Waals surface area contributed by atoms with E-state index in [1.165, 1.54) is 0 Å². The molecule has 1 aliphatic heterocycles. The van der Waals surface area contributed by atoms with Gasteiger partial charge in [0.1, 0.15) is 0 Å². The molecule has 7 heteroatoms. The molecule has 1 amide bonds. The fraction of sp³-hybridized carbons (Fsp3) is 0.480. The molecule has 1 saturated carbocycles. The van der Waals surface area contributed by atoms with Gasteiger partial charge in [0.15, 0.2) is 0 Å². The largest absolute Gasteiger partial charge is 0.352 e. The van der Waals surface area contributed by atoms with E-state index >= 15 is 0 Å². The van der Waals surface area contributed by atoms with Crippen molar-refractivity contribution in [2.75, 3.05) is 20.1 Å². The standard InChI is InChI=1S/C25H33N3O3S/c1-3-7-24(26-2)25(29)27-23-15-12-20-16-28(17-22(20)23)32(30,31)21-13-10-19(11-14-21)18-8-5-4-6-9-18/h4-6,8-11,13-14,20,22-24,26H,3,7,12,15-17H2,1-2H3,(H,27,29)/t20-,22+,23+,24+/m1/s1. The highest BCUT2D eigenvalue weighted by Gasteiger charge is 2.47. The van der Waals surface area contributed by atoms with Gasteiger partial charge in [-0.1, -0.05) is 55.8 Å². The molecule has 32 heavy (non-hydrogen) atoms. The Morgan fingerprint density at radius 1 is 1.03 bits per heavy atom. The lowest BCUT2D eigenvalue weighted by Crippen LogP contribution is -2.48.